The quantitative estimate of drug-likeness (QED) is 0.493. The summed E-state index contributed by atoms with van der Waals surface area (Å²) in [5.41, 5.74) is -2.22. The summed E-state index contributed by atoms with van der Waals surface area (Å²) < 4.78 is 34.9. The van der Waals surface area contributed by atoms with E-state index in [2.05, 4.69) is 6.58 Å². The van der Waals surface area contributed by atoms with Gasteiger partial charge in [0.25, 0.3) is 10.1 Å². The molecule has 0 spiro atoms. The van der Waals surface area contributed by atoms with E-state index >= 15 is 0 Å². The molecule has 0 saturated carbocycles. The van der Waals surface area contributed by atoms with Gasteiger partial charge in [-0.25, -0.2) is 0 Å². The molecule has 1 aliphatic heterocycles. The Labute approximate surface area is 76.8 Å². The SMILES string of the molecule is C=CCC1(CO)COC1S(=O)(=O)O. The van der Waals surface area contributed by atoms with Crippen LogP contribution in [0.25, 0.3) is 0 Å². The Kier molecular flexibility index (Phi) is 2.76. The van der Waals surface area contributed by atoms with Crippen LogP contribution in [0, 0.1) is 5.41 Å². The third-order valence-electron chi connectivity index (χ3n) is 2.16. The second-order valence-electron chi connectivity index (χ2n) is 3.17. The molecule has 0 aromatic carbocycles. The third-order valence-corrected chi connectivity index (χ3v) is 3.34. The summed E-state index contributed by atoms with van der Waals surface area (Å²) in [6, 6.07) is 0. The van der Waals surface area contributed by atoms with Gasteiger partial charge in [-0.15, -0.1) is 6.58 Å². The molecular formula is C7H12O5S. The van der Waals surface area contributed by atoms with Gasteiger partial charge < -0.3 is 9.84 Å². The highest BCUT2D eigenvalue weighted by Gasteiger charge is 2.54. The lowest BCUT2D eigenvalue weighted by atomic mass is 9.83. The van der Waals surface area contributed by atoms with Crippen molar-refractivity contribution >= 4 is 10.1 Å². The Balaban J connectivity index is 2.85. The predicted octanol–water partition coefficient (Wildman–Crippen LogP) is -0.215. The fourth-order valence-electron chi connectivity index (χ4n) is 1.42. The van der Waals surface area contributed by atoms with Crippen molar-refractivity contribution in [2.45, 2.75) is 11.9 Å². The summed E-state index contributed by atoms with van der Waals surface area (Å²) >= 11 is 0. The standard InChI is InChI=1S/C7H12O5S/c1-2-3-7(4-8)5-12-6(7)13(9,10)11/h2,6,8H,1,3-5H2,(H,9,10,11). The smallest absolute Gasteiger partial charge is 0.293 e. The molecular weight excluding hydrogens is 196 g/mol. The van der Waals surface area contributed by atoms with Crippen LogP contribution in [0.2, 0.25) is 0 Å². The number of aliphatic hydroxyl groups excluding tert-OH is 1. The van der Waals surface area contributed by atoms with Gasteiger partial charge in [-0.05, 0) is 6.42 Å². The van der Waals surface area contributed by atoms with E-state index in [0.717, 1.165) is 0 Å². The first-order chi connectivity index (χ1) is 5.96. The number of ether oxygens (including phenoxy) is 1. The van der Waals surface area contributed by atoms with Crippen molar-refractivity contribution in [3.8, 4) is 0 Å². The fraction of sp³-hybridized carbons (Fsp3) is 0.714. The minimum atomic E-state index is -4.24. The van der Waals surface area contributed by atoms with Crippen molar-refractivity contribution in [3.05, 3.63) is 12.7 Å². The van der Waals surface area contributed by atoms with Gasteiger partial charge in [0.2, 0.25) is 0 Å². The lowest BCUT2D eigenvalue weighted by Gasteiger charge is -2.45. The molecule has 6 heteroatoms. The highest BCUT2D eigenvalue weighted by atomic mass is 32.2. The summed E-state index contributed by atoms with van der Waals surface area (Å²) in [5, 5.41) is 9.00. The third kappa shape index (κ3) is 1.76. The van der Waals surface area contributed by atoms with E-state index in [-0.39, 0.29) is 13.2 Å². The van der Waals surface area contributed by atoms with Crippen LogP contribution in [0.4, 0.5) is 0 Å². The highest BCUT2D eigenvalue weighted by Crippen LogP contribution is 2.40. The Morgan fingerprint density at radius 2 is 2.31 bits per heavy atom. The van der Waals surface area contributed by atoms with Gasteiger partial charge in [-0.3, -0.25) is 4.55 Å². The lowest BCUT2D eigenvalue weighted by Crippen LogP contribution is -2.57. The highest BCUT2D eigenvalue weighted by molar-refractivity contribution is 7.86. The lowest BCUT2D eigenvalue weighted by molar-refractivity contribution is -0.163. The molecule has 0 aromatic rings. The molecule has 0 radical (unpaired) electrons. The van der Waals surface area contributed by atoms with Gasteiger partial charge in [-0.2, -0.15) is 8.42 Å². The van der Waals surface area contributed by atoms with Crippen LogP contribution in [0.15, 0.2) is 12.7 Å². The van der Waals surface area contributed by atoms with E-state index in [1.54, 1.807) is 0 Å². The first-order valence-electron chi connectivity index (χ1n) is 3.76. The molecule has 1 aliphatic rings. The maximum Gasteiger partial charge on any atom is 0.293 e. The maximum absolute atomic E-state index is 10.7. The zero-order valence-corrected chi connectivity index (χ0v) is 7.83. The molecule has 2 atom stereocenters. The maximum atomic E-state index is 10.7. The van der Waals surface area contributed by atoms with E-state index < -0.39 is 21.0 Å². The van der Waals surface area contributed by atoms with Gasteiger partial charge >= 0.3 is 0 Å². The summed E-state index contributed by atoms with van der Waals surface area (Å²) in [5.74, 6) is 0. The molecule has 0 bridgehead atoms. The molecule has 0 aromatic heterocycles. The first-order valence-corrected chi connectivity index (χ1v) is 5.26. The number of hydrogen-bond acceptors (Lipinski definition) is 4. The van der Waals surface area contributed by atoms with E-state index in [4.69, 9.17) is 14.4 Å². The molecule has 1 fully saturated rings. The summed E-state index contributed by atoms with van der Waals surface area (Å²) in [6.45, 7) is 3.23. The van der Waals surface area contributed by atoms with E-state index in [9.17, 15) is 8.42 Å². The average Bonchev–Trinajstić information content (AvgIpc) is 1.94. The molecule has 1 rings (SSSR count). The van der Waals surface area contributed by atoms with E-state index in [1.807, 2.05) is 0 Å². The van der Waals surface area contributed by atoms with Crippen molar-refractivity contribution in [2.75, 3.05) is 13.2 Å². The van der Waals surface area contributed by atoms with Crippen molar-refractivity contribution in [3.63, 3.8) is 0 Å². The molecule has 5 nitrogen and oxygen atoms in total. The van der Waals surface area contributed by atoms with Gasteiger partial charge in [-0.1, -0.05) is 6.08 Å². The zero-order valence-electron chi connectivity index (χ0n) is 7.01. The van der Waals surface area contributed by atoms with Crippen LogP contribution in [-0.4, -0.2) is 36.7 Å². The van der Waals surface area contributed by atoms with Crippen molar-refractivity contribution in [1.82, 2.24) is 0 Å². The van der Waals surface area contributed by atoms with Crippen LogP contribution in [0.3, 0.4) is 0 Å². The Morgan fingerprint density at radius 3 is 2.54 bits per heavy atom. The minimum Gasteiger partial charge on any atom is -0.396 e. The first kappa shape index (κ1) is 10.6. The molecule has 1 saturated heterocycles. The number of aliphatic hydroxyl groups is 1. The van der Waals surface area contributed by atoms with Crippen LogP contribution >= 0.6 is 0 Å². The number of allylic oxidation sites excluding steroid dienone is 1. The second kappa shape index (κ2) is 3.38. The molecule has 2 N–H and O–H groups in total. The van der Waals surface area contributed by atoms with Crippen LogP contribution in [0.1, 0.15) is 6.42 Å². The van der Waals surface area contributed by atoms with Crippen molar-refractivity contribution in [2.24, 2.45) is 5.41 Å². The Morgan fingerprint density at radius 1 is 1.69 bits per heavy atom. The second-order valence-corrected chi connectivity index (χ2v) is 4.63. The molecule has 0 aliphatic carbocycles. The molecule has 13 heavy (non-hydrogen) atoms. The molecule has 2 unspecified atom stereocenters. The normalized spacial score (nSPS) is 33.8. The zero-order chi connectivity index (χ0) is 10.1. The van der Waals surface area contributed by atoms with Crippen LogP contribution < -0.4 is 0 Å². The Hall–Kier alpha value is -0.430. The monoisotopic (exact) mass is 208 g/mol. The van der Waals surface area contributed by atoms with Crippen molar-refractivity contribution < 1.29 is 22.8 Å². The van der Waals surface area contributed by atoms with Gasteiger partial charge in [0.1, 0.15) is 0 Å². The molecule has 1 heterocycles. The van der Waals surface area contributed by atoms with Crippen LogP contribution in [0.5, 0.6) is 0 Å². The Bertz CT molecular complexity index is 292. The molecule has 0 amide bonds. The summed E-state index contributed by atoms with van der Waals surface area (Å²) in [7, 11) is -4.24. The van der Waals surface area contributed by atoms with Gasteiger partial charge in [0.15, 0.2) is 5.44 Å². The topological polar surface area (TPSA) is 83.8 Å². The van der Waals surface area contributed by atoms with Crippen molar-refractivity contribution in [1.29, 1.82) is 0 Å². The fourth-order valence-corrected chi connectivity index (χ4v) is 2.53. The molecule has 76 valence electrons. The number of rotatable bonds is 4. The minimum absolute atomic E-state index is 0.125. The summed E-state index contributed by atoms with van der Waals surface area (Å²) in [6.07, 6.45) is 1.80. The predicted molar refractivity (Wildman–Crippen MR) is 45.6 cm³/mol. The number of hydrogen-bond donors (Lipinski definition) is 2. The summed E-state index contributed by atoms with van der Waals surface area (Å²) in [4.78, 5) is 0. The van der Waals surface area contributed by atoms with Gasteiger partial charge in [0, 0.05) is 0 Å². The van der Waals surface area contributed by atoms with Crippen LogP contribution in [-0.2, 0) is 14.9 Å². The largest absolute Gasteiger partial charge is 0.396 e. The van der Waals surface area contributed by atoms with E-state index in [1.165, 1.54) is 6.08 Å². The van der Waals surface area contributed by atoms with E-state index in [0.29, 0.717) is 6.42 Å². The average molecular weight is 208 g/mol. The van der Waals surface area contributed by atoms with Gasteiger partial charge in [0.05, 0.1) is 18.6 Å².